The highest BCUT2D eigenvalue weighted by atomic mass is 32.2. The summed E-state index contributed by atoms with van der Waals surface area (Å²) in [4.78, 5) is 2.86. The standard InChI is InChI=1S/C90H159O9S/c1-10-19-28-37-46-55-64-91-79-73-82(94-67-58-49-40-31-22-13-4)88(83(74-79)95-68-59-50-41-32-23-14-5)100(89-84(96-69-60-51-42-33-24-15-6)75-80(92-65-56-47-38-29-20-11-2)76-85(89)97-70-61-52-43-34-25-16-7)90-86(98-71-62-53-44-35-26-17-8)77-81(93-66-57-48-39-30-21-12-3)78-87(90)99-72-63-54-45-36-27-18-9/h73-78H,10-72H2,1-9H3/q+1. The molecule has 0 saturated heterocycles. The van der Waals surface area contributed by atoms with Crippen LogP contribution in [0.2, 0.25) is 0 Å². The predicted molar refractivity (Wildman–Crippen MR) is 431 cm³/mol. The lowest BCUT2D eigenvalue weighted by Gasteiger charge is -2.24. The zero-order valence-corrected chi connectivity index (χ0v) is 67.9. The third-order valence-electron chi connectivity index (χ3n) is 19.4. The molecular weight excluding hydrogens is 1260 g/mol. The summed E-state index contributed by atoms with van der Waals surface area (Å²) in [6, 6.07) is 13.2. The van der Waals surface area contributed by atoms with Crippen LogP contribution >= 0.6 is 0 Å². The van der Waals surface area contributed by atoms with E-state index >= 15 is 0 Å². The van der Waals surface area contributed by atoms with Crippen LogP contribution in [0.4, 0.5) is 0 Å². The molecule has 0 bridgehead atoms. The Kier molecular flexibility index (Phi) is 59.6. The Morgan fingerprint density at radius 1 is 0.160 bits per heavy atom. The van der Waals surface area contributed by atoms with Gasteiger partial charge in [-0.3, -0.25) is 0 Å². The van der Waals surface area contributed by atoms with Gasteiger partial charge in [0.1, 0.15) is 28.1 Å². The van der Waals surface area contributed by atoms with E-state index in [9.17, 15) is 0 Å². The molecule has 0 aliphatic carbocycles. The van der Waals surface area contributed by atoms with Crippen LogP contribution in [0.25, 0.3) is 0 Å². The molecule has 3 rings (SSSR count). The van der Waals surface area contributed by atoms with Crippen molar-refractivity contribution in [1.82, 2.24) is 0 Å². The van der Waals surface area contributed by atoms with Crippen LogP contribution in [0.3, 0.4) is 0 Å². The molecule has 0 aromatic heterocycles. The zero-order valence-electron chi connectivity index (χ0n) is 67.1. The van der Waals surface area contributed by atoms with Crippen LogP contribution < -0.4 is 42.6 Å². The maximum absolute atomic E-state index is 7.52. The van der Waals surface area contributed by atoms with Gasteiger partial charge in [0.2, 0.25) is 0 Å². The highest BCUT2D eigenvalue weighted by Gasteiger charge is 2.47. The van der Waals surface area contributed by atoms with Crippen molar-refractivity contribution in [3.63, 3.8) is 0 Å². The van der Waals surface area contributed by atoms with E-state index in [0.717, 1.165) is 182 Å². The van der Waals surface area contributed by atoms with Crippen LogP contribution in [0.15, 0.2) is 51.1 Å². The molecule has 0 aliphatic heterocycles. The molecule has 0 N–H and O–H groups in total. The molecule has 100 heavy (non-hydrogen) atoms. The van der Waals surface area contributed by atoms with Gasteiger partial charge >= 0.3 is 0 Å². The minimum Gasteiger partial charge on any atom is -0.493 e. The largest absolute Gasteiger partial charge is 0.493 e. The summed E-state index contributed by atoms with van der Waals surface area (Å²) < 4.78 is 66.0. The predicted octanol–water partition coefficient (Wildman–Crippen LogP) is 29.4. The lowest BCUT2D eigenvalue weighted by Crippen LogP contribution is -2.18. The van der Waals surface area contributed by atoms with E-state index in [4.69, 9.17) is 42.6 Å². The highest BCUT2D eigenvalue weighted by molar-refractivity contribution is 7.97. The maximum Gasteiger partial charge on any atom is 0.250 e. The average molecular weight is 1420 g/mol. The molecule has 3 aromatic rings. The maximum atomic E-state index is 7.52. The molecule has 9 nitrogen and oxygen atoms in total. The van der Waals surface area contributed by atoms with Crippen molar-refractivity contribution in [1.29, 1.82) is 0 Å². The summed E-state index contributed by atoms with van der Waals surface area (Å²) >= 11 is 0. The Hall–Kier alpha value is -3.79. The van der Waals surface area contributed by atoms with Crippen molar-refractivity contribution >= 4 is 10.9 Å². The summed E-state index contributed by atoms with van der Waals surface area (Å²) in [5, 5.41) is 0. The minimum absolute atomic E-state index is 0.566. The lowest BCUT2D eigenvalue weighted by atomic mass is 10.1. The van der Waals surface area contributed by atoms with Gasteiger partial charge in [-0.1, -0.05) is 351 Å². The third-order valence-corrected chi connectivity index (χ3v) is 21.9. The molecule has 0 radical (unpaired) electrons. The van der Waals surface area contributed by atoms with E-state index in [1.165, 1.54) is 231 Å². The quantitative estimate of drug-likeness (QED) is 0.0405. The van der Waals surface area contributed by atoms with Crippen molar-refractivity contribution < 1.29 is 42.6 Å². The molecular formula is C90H159O9S+. The first kappa shape index (κ1) is 90.4. The van der Waals surface area contributed by atoms with Gasteiger partial charge in [-0.25, -0.2) is 0 Å². The van der Waals surface area contributed by atoms with Gasteiger partial charge in [0.15, 0.2) is 34.5 Å². The van der Waals surface area contributed by atoms with Crippen LogP contribution in [0, 0.1) is 0 Å². The van der Waals surface area contributed by atoms with Gasteiger partial charge in [0.25, 0.3) is 14.7 Å². The fourth-order valence-corrected chi connectivity index (χ4v) is 15.6. The van der Waals surface area contributed by atoms with Crippen molar-refractivity contribution in [2.24, 2.45) is 0 Å². The van der Waals surface area contributed by atoms with Crippen LogP contribution in [0.1, 0.15) is 409 Å². The first-order chi connectivity index (χ1) is 49.4. The molecule has 0 amide bonds. The number of benzene rings is 3. The van der Waals surface area contributed by atoms with Gasteiger partial charge in [0, 0.05) is 36.4 Å². The number of ether oxygens (including phenoxy) is 9. The number of rotatable bonds is 75. The van der Waals surface area contributed by atoms with E-state index in [2.05, 4.69) is 98.7 Å². The average Bonchev–Trinajstić information content (AvgIpc) is 0.743. The van der Waals surface area contributed by atoms with E-state index in [1.807, 2.05) is 0 Å². The van der Waals surface area contributed by atoms with Gasteiger partial charge in [-0.05, 0) is 57.8 Å². The van der Waals surface area contributed by atoms with Gasteiger partial charge in [-0.2, -0.15) is 0 Å². The van der Waals surface area contributed by atoms with Crippen molar-refractivity contribution in [3.8, 4) is 51.7 Å². The van der Waals surface area contributed by atoms with Gasteiger partial charge in [-0.15, -0.1) is 0 Å². The second-order valence-corrected chi connectivity index (χ2v) is 30.9. The van der Waals surface area contributed by atoms with Crippen molar-refractivity contribution in [3.05, 3.63) is 36.4 Å². The smallest absolute Gasteiger partial charge is 0.250 e. The molecule has 578 valence electrons. The zero-order chi connectivity index (χ0) is 71.7. The van der Waals surface area contributed by atoms with E-state index in [1.54, 1.807) is 0 Å². The fraction of sp³-hybridized carbons (Fsp3) is 0.800. The summed E-state index contributed by atoms with van der Waals surface area (Å²) in [7, 11) is -1.13. The molecule has 0 heterocycles. The fourth-order valence-electron chi connectivity index (χ4n) is 13.1. The molecule has 0 spiro atoms. The summed E-state index contributed by atoms with van der Waals surface area (Å²) in [6.07, 6.45) is 63.3. The SMILES string of the molecule is CCCCCCCCOc1cc(OCCCCCCCC)c([S+](c2c(OCCCCCCCC)cc(OCCCCCCCC)cc2OCCCCCCCC)c2c(OCCCCCCCC)cc(OCCCCCCCC)cc2OCCCCCCCC)c(OCCCCCCCC)c1. The Morgan fingerprint density at radius 3 is 0.420 bits per heavy atom. The topological polar surface area (TPSA) is 83.1 Å². The van der Waals surface area contributed by atoms with E-state index < -0.39 is 10.9 Å². The highest BCUT2D eigenvalue weighted by Crippen LogP contribution is 2.56. The number of hydrogen-bond acceptors (Lipinski definition) is 9. The van der Waals surface area contributed by atoms with E-state index in [-0.39, 0.29) is 0 Å². The van der Waals surface area contributed by atoms with E-state index in [0.29, 0.717) is 59.5 Å². The molecule has 0 atom stereocenters. The first-order valence-corrected chi connectivity index (χ1v) is 44.6. The monoisotopic (exact) mass is 1420 g/mol. The van der Waals surface area contributed by atoms with Crippen LogP contribution in [-0.4, -0.2) is 59.5 Å². The Morgan fingerprint density at radius 2 is 0.280 bits per heavy atom. The molecule has 0 aliphatic rings. The Balaban J connectivity index is 2.73. The normalized spacial score (nSPS) is 11.5. The third kappa shape index (κ3) is 43.5. The molecule has 0 fully saturated rings. The summed E-state index contributed by atoms with van der Waals surface area (Å²) in [6.45, 7) is 26.0. The summed E-state index contributed by atoms with van der Waals surface area (Å²) in [5.41, 5.74) is 0. The van der Waals surface area contributed by atoms with Crippen molar-refractivity contribution in [2.45, 2.75) is 424 Å². The van der Waals surface area contributed by atoms with Gasteiger partial charge < -0.3 is 42.6 Å². The molecule has 3 aromatic carbocycles. The second kappa shape index (κ2) is 65.9. The van der Waals surface area contributed by atoms with Crippen LogP contribution in [-0.2, 0) is 10.9 Å². The van der Waals surface area contributed by atoms with Crippen molar-refractivity contribution in [2.75, 3.05) is 59.5 Å². The first-order valence-electron chi connectivity index (χ1n) is 43.4. The summed E-state index contributed by atoms with van der Waals surface area (Å²) in [5.74, 6) is 6.99. The minimum atomic E-state index is -1.13. The van der Waals surface area contributed by atoms with Crippen LogP contribution in [0.5, 0.6) is 51.7 Å². The molecule has 0 unspecified atom stereocenters. The van der Waals surface area contributed by atoms with Gasteiger partial charge in [0.05, 0.1) is 59.5 Å². The Bertz CT molecular complexity index is 1940. The lowest BCUT2D eigenvalue weighted by molar-refractivity contribution is 0.261. The second-order valence-electron chi connectivity index (χ2n) is 29.1. The number of unbranched alkanes of at least 4 members (excludes halogenated alkanes) is 45. The molecule has 10 heteroatoms. The molecule has 0 saturated carbocycles. The Labute approximate surface area is 621 Å². The number of hydrogen-bond donors (Lipinski definition) is 0.